The first-order valence-corrected chi connectivity index (χ1v) is 10.2. The van der Waals surface area contributed by atoms with Gasteiger partial charge < -0.3 is 15.7 Å². The Bertz CT molecular complexity index is 1040. The van der Waals surface area contributed by atoms with Gasteiger partial charge in [-0.25, -0.2) is 13.7 Å². The van der Waals surface area contributed by atoms with Crippen LogP contribution in [0.25, 0.3) is 21.6 Å². The summed E-state index contributed by atoms with van der Waals surface area (Å²) in [5.41, 5.74) is 3.13. The molecule has 0 saturated heterocycles. The Hall–Kier alpha value is -2.84. The molecule has 0 spiro atoms. The Labute approximate surface area is 172 Å². The Morgan fingerprint density at radius 2 is 2.14 bits per heavy atom. The lowest BCUT2D eigenvalue weighted by molar-refractivity contribution is 0.0947. The fourth-order valence-corrected chi connectivity index (χ4v) is 3.73. The molecule has 3 N–H and O–H groups in total. The van der Waals surface area contributed by atoms with Gasteiger partial charge >= 0.3 is 0 Å². The van der Waals surface area contributed by atoms with E-state index >= 15 is 0 Å². The first-order chi connectivity index (χ1) is 14.1. The Morgan fingerprint density at radius 1 is 1.31 bits per heavy atom. The predicted molar refractivity (Wildman–Crippen MR) is 112 cm³/mol. The second-order valence-electron chi connectivity index (χ2n) is 7.04. The van der Waals surface area contributed by atoms with Gasteiger partial charge in [0.05, 0.1) is 17.0 Å². The number of halogens is 1. The number of anilines is 1. The second-order valence-corrected chi connectivity index (χ2v) is 7.88. The number of pyridine rings is 1. The van der Waals surface area contributed by atoms with Crippen LogP contribution in [0.1, 0.15) is 28.8 Å². The molecule has 150 valence electrons. The molecule has 29 heavy (non-hydrogen) atoms. The van der Waals surface area contributed by atoms with Crippen LogP contribution >= 0.6 is 11.5 Å². The number of aliphatic hydroxyl groups is 1. The van der Waals surface area contributed by atoms with Crippen LogP contribution in [0.4, 0.5) is 10.2 Å². The summed E-state index contributed by atoms with van der Waals surface area (Å²) in [6.45, 7) is 2.17. The summed E-state index contributed by atoms with van der Waals surface area (Å²) in [4.78, 5) is 17.9. The zero-order valence-corrected chi connectivity index (χ0v) is 16.7. The molecule has 3 aromatic rings. The number of carbonyl (C=O) groups excluding carboxylic acids is 1. The molecule has 2 aromatic heterocycles. The van der Waals surface area contributed by atoms with Crippen LogP contribution in [0.5, 0.6) is 0 Å². The SMILES string of the molecule is Cc1cc(F)c(C(=O)NC2CC2)cc1-c1cnc(NCCO)c(-c2ccns2)c1. The van der Waals surface area contributed by atoms with Gasteiger partial charge in [-0.3, -0.25) is 4.79 Å². The lowest BCUT2D eigenvalue weighted by Crippen LogP contribution is -2.26. The molecule has 4 rings (SSSR count). The number of aromatic nitrogens is 2. The average Bonchev–Trinajstić information content (AvgIpc) is 3.35. The number of aryl methyl sites for hydroxylation is 1. The van der Waals surface area contributed by atoms with Crippen LogP contribution in [0.3, 0.4) is 0 Å². The zero-order valence-electron chi connectivity index (χ0n) is 15.9. The van der Waals surface area contributed by atoms with E-state index in [9.17, 15) is 9.18 Å². The zero-order chi connectivity index (χ0) is 20.4. The molecule has 6 nitrogen and oxygen atoms in total. The minimum absolute atomic E-state index is 0.0118. The third-order valence-electron chi connectivity index (χ3n) is 4.78. The van der Waals surface area contributed by atoms with Gasteiger partial charge in [0.1, 0.15) is 11.6 Å². The summed E-state index contributed by atoms with van der Waals surface area (Å²) < 4.78 is 18.6. The van der Waals surface area contributed by atoms with Gasteiger partial charge in [0, 0.05) is 36.1 Å². The van der Waals surface area contributed by atoms with Gasteiger partial charge in [-0.15, -0.1) is 0 Å². The number of carbonyl (C=O) groups is 1. The monoisotopic (exact) mass is 412 g/mol. The van der Waals surface area contributed by atoms with Crippen molar-refractivity contribution in [1.29, 1.82) is 0 Å². The molecular weight excluding hydrogens is 391 g/mol. The van der Waals surface area contributed by atoms with E-state index in [0.717, 1.165) is 40.0 Å². The van der Waals surface area contributed by atoms with E-state index < -0.39 is 5.82 Å². The maximum atomic E-state index is 14.5. The highest BCUT2D eigenvalue weighted by Crippen LogP contribution is 2.34. The van der Waals surface area contributed by atoms with Crippen LogP contribution in [0.15, 0.2) is 36.7 Å². The summed E-state index contributed by atoms with van der Waals surface area (Å²) in [6.07, 6.45) is 5.28. The van der Waals surface area contributed by atoms with Crippen molar-refractivity contribution >= 4 is 23.3 Å². The molecule has 8 heteroatoms. The fraction of sp³-hybridized carbons (Fsp3) is 0.286. The molecule has 0 atom stereocenters. The van der Waals surface area contributed by atoms with Crippen molar-refractivity contribution in [1.82, 2.24) is 14.7 Å². The molecule has 0 bridgehead atoms. The largest absolute Gasteiger partial charge is 0.395 e. The number of aliphatic hydroxyl groups excluding tert-OH is 1. The molecule has 1 aliphatic carbocycles. The van der Waals surface area contributed by atoms with E-state index in [4.69, 9.17) is 5.11 Å². The number of nitrogens with zero attached hydrogens (tertiary/aromatic N) is 2. The fourth-order valence-electron chi connectivity index (χ4n) is 3.12. The van der Waals surface area contributed by atoms with Crippen molar-refractivity contribution in [3.63, 3.8) is 0 Å². The molecule has 0 radical (unpaired) electrons. The van der Waals surface area contributed by atoms with Crippen molar-refractivity contribution in [2.24, 2.45) is 0 Å². The lowest BCUT2D eigenvalue weighted by atomic mass is 9.97. The molecule has 2 heterocycles. The summed E-state index contributed by atoms with van der Waals surface area (Å²) in [5.74, 6) is -0.275. The Balaban J connectivity index is 1.75. The average molecular weight is 412 g/mol. The van der Waals surface area contributed by atoms with Crippen LogP contribution < -0.4 is 10.6 Å². The predicted octanol–water partition coefficient (Wildman–Crippen LogP) is 3.62. The molecule has 1 aliphatic rings. The highest BCUT2D eigenvalue weighted by molar-refractivity contribution is 7.09. The van der Waals surface area contributed by atoms with Crippen molar-refractivity contribution in [3.05, 3.63) is 53.6 Å². The number of nitrogens with one attached hydrogen (secondary N) is 2. The van der Waals surface area contributed by atoms with E-state index in [2.05, 4.69) is 20.0 Å². The van der Waals surface area contributed by atoms with Gasteiger partial charge in [-0.05, 0) is 66.7 Å². The molecule has 0 unspecified atom stereocenters. The van der Waals surface area contributed by atoms with E-state index in [1.54, 1.807) is 18.5 Å². The minimum atomic E-state index is -0.527. The third kappa shape index (κ3) is 4.28. The van der Waals surface area contributed by atoms with Crippen LogP contribution in [0.2, 0.25) is 0 Å². The van der Waals surface area contributed by atoms with Crippen molar-refractivity contribution in [2.75, 3.05) is 18.5 Å². The molecule has 0 aliphatic heterocycles. The van der Waals surface area contributed by atoms with Gasteiger partial charge in [0.2, 0.25) is 0 Å². The van der Waals surface area contributed by atoms with E-state index in [-0.39, 0.29) is 24.1 Å². The van der Waals surface area contributed by atoms with Gasteiger partial charge in [0.25, 0.3) is 5.91 Å². The molecule has 1 saturated carbocycles. The molecule has 1 amide bonds. The Morgan fingerprint density at radius 3 is 2.83 bits per heavy atom. The minimum Gasteiger partial charge on any atom is -0.395 e. The Kier molecular flexibility index (Phi) is 5.55. The summed E-state index contributed by atoms with van der Waals surface area (Å²) in [5, 5.41) is 15.1. The highest BCUT2D eigenvalue weighted by Gasteiger charge is 2.25. The van der Waals surface area contributed by atoms with Crippen LogP contribution in [0, 0.1) is 12.7 Å². The first-order valence-electron chi connectivity index (χ1n) is 9.44. The quantitative estimate of drug-likeness (QED) is 0.552. The maximum Gasteiger partial charge on any atom is 0.254 e. The normalized spacial score (nSPS) is 13.3. The number of amides is 1. The van der Waals surface area contributed by atoms with Crippen LogP contribution in [-0.2, 0) is 0 Å². The molecule has 1 aromatic carbocycles. The van der Waals surface area contributed by atoms with Crippen molar-refractivity contribution in [2.45, 2.75) is 25.8 Å². The van der Waals surface area contributed by atoms with Gasteiger partial charge in [0.15, 0.2) is 0 Å². The maximum absolute atomic E-state index is 14.5. The summed E-state index contributed by atoms with van der Waals surface area (Å²) in [6, 6.07) is 6.98. The number of hydrogen-bond donors (Lipinski definition) is 3. The smallest absolute Gasteiger partial charge is 0.254 e. The topological polar surface area (TPSA) is 87.1 Å². The first kappa shape index (κ1) is 19.5. The summed E-state index contributed by atoms with van der Waals surface area (Å²) in [7, 11) is 0. The standard InChI is InChI=1S/C21H21FN4O2S/c1-12-8-18(22)16(21(28)26-14-2-3-14)10-15(12)13-9-17(19-4-5-25-29-19)20(24-11-13)23-6-7-27/h4-5,8-11,14,27H,2-3,6-7H2,1H3,(H,23,24)(H,26,28). The number of hydrogen-bond acceptors (Lipinski definition) is 6. The van der Waals surface area contributed by atoms with Crippen LogP contribution in [-0.4, -0.2) is 39.6 Å². The van der Waals surface area contributed by atoms with E-state index in [1.807, 2.05) is 19.1 Å². The van der Waals surface area contributed by atoms with Gasteiger partial charge in [-0.1, -0.05) is 0 Å². The highest BCUT2D eigenvalue weighted by atomic mass is 32.1. The lowest BCUT2D eigenvalue weighted by Gasteiger charge is -2.14. The molecular formula is C21H21FN4O2S. The third-order valence-corrected chi connectivity index (χ3v) is 5.56. The van der Waals surface area contributed by atoms with E-state index in [0.29, 0.717) is 12.4 Å². The second kappa shape index (κ2) is 8.26. The van der Waals surface area contributed by atoms with Crippen molar-refractivity contribution in [3.8, 4) is 21.6 Å². The van der Waals surface area contributed by atoms with E-state index in [1.165, 1.54) is 17.6 Å². The number of benzene rings is 1. The van der Waals surface area contributed by atoms with Gasteiger partial charge in [-0.2, -0.15) is 0 Å². The molecule has 1 fully saturated rings. The van der Waals surface area contributed by atoms with Crippen molar-refractivity contribution < 1.29 is 14.3 Å². The number of rotatable bonds is 7. The summed E-state index contributed by atoms with van der Waals surface area (Å²) >= 11 is 1.34.